The van der Waals surface area contributed by atoms with Crippen molar-refractivity contribution in [3.05, 3.63) is 108 Å². The van der Waals surface area contributed by atoms with E-state index >= 15 is 0 Å². The summed E-state index contributed by atoms with van der Waals surface area (Å²) < 4.78 is 66.7. The summed E-state index contributed by atoms with van der Waals surface area (Å²) in [5.74, 6) is 11.1. The lowest BCUT2D eigenvalue weighted by atomic mass is 10.1. The predicted molar refractivity (Wildman–Crippen MR) is 166 cm³/mol. The SMILES string of the molecule is O=S(=O)(O)c1ccc(N=Nc2ccccc2)cc1CCC#CC#CCCc1cc(N=Nc2ccccc2)ccc1S(=O)(=O)O. The lowest BCUT2D eigenvalue weighted by molar-refractivity contribution is 0.479. The van der Waals surface area contributed by atoms with Gasteiger partial charge in [-0.3, -0.25) is 9.11 Å². The molecule has 0 unspecified atom stereocenters. The van der Waals surface area contributed by atoms with Crippen LogP contribution in [0, 0.1) is 23.7 Å². The summed E-state index contributed by atoms with van der Waals surface area (Å²) in [5, 5.41) is 16.5. The molecule has 222 valence electrons. The van der Waals surface area contributed by atoms with E-state index in [2.05, 4.69) is 44.1 Å². The second-order valence-corrected chi connectivity index (χ2v) is 12.0. The molecule has 2 N–H and O–H groups in total. The van der Waals surface area contributed by atoms with Gasteiger partial charge in [0.1, 0.15) is 0 Å². The van der Waals surface area contributed by atoms with Gasteiger partial charge < -0.3 is 0 Å². The molecule has 0 amide bonds. The second-order valence-electron chi connectivity index (χ2n) is 9.21. The lowest BCUT2D eigenvalue weighted by Gasteiger charge is -2.06. The molecule has 4 rings (SSSR count). The Balaban J connectivity index is 1.40. The molecule has 4 aromatic rings. The van der Waals surface area contributed by atoms with E-state index in [0.29, 0.717) is 33.9 Å². The van der Waals surface area contributed by atoms with Crippen LogP contribution in [0.1, 0.15) is 24.0 Å². The van der Waals surface area contributed by atoms with E-state index in [-0.39, 0.29) is 35.5 Å². The fourth-order valence-corrected chi connectivity index (χ4v) is 5.44. The van der Waals surface area contributed by atoms with E-state index in [1.54, 1.807) is 24.3 Å². The van der Waals surface area contributed by atoms with E-state index in [9.17, 15) is 25.9 Å². The first kappa shape index (κ1) is 31.9. The monoisotopic (exact) mass is 626 g/mol. The Morgan fingerprint density at radius 1 is 0.500 bits per heavy atom. The summed E-state index contributed by atoms with van der Waals surface area (Å²) in [4.78, 5) is -0.464. The molecule has 4 aromatic carbocycles. The topological polar surface area (TPSA) is 158 Å². The highest BCUT2D eigenvalue weighted by Crippen LogP contribution is 2.26. The van der Waals surface area contributed by atoms with Gasteiger partial charge in [0.05, 0.1) is 32.5 Å². The number of aryl methyl sites for hydroxylation is 2. The van der Waals surface area contributed by atoms with Gasteiger partial charge in [0, 0.05) is 12.8 Å². The fourth-order valence-electron chi connectivity index (χ4n) is 3.98. The van der Waals surface area contributed by atoms with Gasteiger partial charge in [0.15, 0.2) is 0 Å². The van der Waals surface area contributed by atoms with Crippen molar-refractivity contribution in [2.45, 2.75) is 35.5 Å². The fraction of sp³-hybridized carbons (Fsp3) is 0.125. The molecule has 0 heterocycles. The summed E-state index contributed by atoms with van der Waals surface area (Å²) in [6, 6.07) is 26.6. The first-order valence-electron chi connectivity index (χ1n) is 13.2. The highest BCUT2D eigenvalue weighted by molar-refractivity contribution is 7.86. The second kappa shape index (κ2) is 15.0. The van der Waals surface area contributed by atoms with Crippen molar-refractivity contribution in [2.75, 3.05) is 0 Å². The van der Waals surface area contributed by atoms with Gasteiger partial charge in [-0.2, -0.15) is 37.3 Å². The van der Waals surface area contributed by atoms with E-state index < -0.39 is 20.2 Å². The first-order chi connectivity index (χ1) is 21.1. The van der Waals surface area contributed by atoms with Crippen LogP contribution in [-0.4, -0.2) is 25.9 Å². The minimum absolute atomic E-state index is 0.209. The third-order valence-corrected chi connectivity index (χ3v) is 7.90. The van der Waals surface area contributed by atoms with Crippen LogP contribution in [0.15, 0.2) is 127 Å². The number of hydrogen-bond acceptors (Lipinski definition) is 8. The normalized spacial score (nSPS) is 11.6. The Kier molecular flexibility index (Phi) is 10.9. The predicted octanol–water partition coefficient (Wildman–Crippen LogP) is 7.58. The average Bonchev–Trinajstić information content (AvgIpc) is 3.00. The Bertz CT molecular complexity index is 1880. The molecule has 44 heavy (non-hydrogen) atoms. The van der Waals surface area contributed by atoms with Gasteiger partial charge in [-0.15, -0.1) is 0 Å². The van der Waals surface area contributed by atoms with Gasteiger partial charge in [-0.05, 0) is 96.5 Å². The standard InChI is InChI=1S/C32H26N4O6S2/c37-43(38,39)31-21-19-29(35-33-27-15-9-5-10-16-27)23-25(31)13-7-3-1-2-4-8-14-26-24-30(20-22-32(26)44(40,41)42)36-34-28-17-11-6-12-18-28/h5-6,9-12,15-24H,7-8,13-14H2,(H,37,38,39)(H,40,41,42). The molecule has 0 saturated carbocycles. The molecule has 0 spiro atoms. The van der Waals surface area contributed by atoms with Crippen LogP contribution in [0.5, 0.6) is 0 Å². The van der Waals surface area contributed by atoms with Gasteiger partial charge in [0.2, 0.25) is 0 Å². The van der Waals surface area contributed by atoms with Crippen LogP contribution in [0.4, 0.5) is 22.7 Å². The van der Waals surface area contributed by atoms with Gasteiger partial charge in [0.25, 0.3) is 20.2 Å². The molecular weight excluding hydrogens is 601 g/mol. The zero-order valence-corrected chi connectivity index (χ0v) is 24.8. The summed E-state index contributed by atoms with van der Waals surface area (Å²) in [6.45, 7) is 0. The molecule has 0 aliphatic rings. The molecule has 0 fully saturated rings. The van der Waals surface area contributed by atoms with Crippen molar-refractivity contribution in [2.24, 2.45) is 20.5 Å². The maximum atomic E-state index is 11.9. The highest BCUT2D eigenvalue weighted by Gasteiger charge is 2.16. The minimum atomic E-state index is -4.46. The number of azo groups is 2. The third-order valence-electron chi connectivity index (χ3n) is 6.00. The van der Waals surface area contributed by atoms with Gasteiger partial charge >= 0.3 is 0 Å². The van der Waals surface area contributed by atoms with Crippen LogP contribution >= 0.6 is 0 Å². The van der Waals surface area contributed by atoms with Crippen molar-refractivity contribution in [1.82, 2.24) is 0 Å². The summed E-state index contributed by atoms with van der Waals surface area (Å²) in [5.41, 5.74) is 2.76. The molecule has 0 aliphatic heterocycles. The Labute approximate surface area is 256 Å². The van der Waals surface area contributed by atoms with Crippen molar-refractivity contribution < 1.29 is 25.9 Å². The third kappa shape index (κ3) is 9.80. The van der Waals surface area contributed by atoms with Crippen LogP contribution in [0.25, 0.3) is 0 Å². The van der Waals surface area contributed by atoms with Crippen LogP contribution in [-0.2, 0) is 33.1 Å². The van der Waals surface area contributed by atoms with Crippen molar-refractivity contribution in [1.29, 1.82) is 0 Å². The smallest absolute Gasteiger partial charge is 0.282 e. The van der Waals surface area contributed by atoms with E-state index in [4.69, 9.17) is 0 Å². The molecule has 0 saturated heterocycles. The molecule has 10 nitrogen and oxygen atoms in total. The minimum Gasteiger partial charge on any atom is -0.282 e. The number of nitrogens with zero attached hydrogens (tertiary/aromatic N) is 4. The Morgan fingerprint density at radius 2 is 0.864 bits per heavy atom. The molecule has 0 aliphatic carbocycles. The highest BCUT2D eigenvalue weighted by atomic mass is 32.2. The summed E-state index contributed by atoms with van der Waals surface area (Å²) in [7, 11) is -8.91. The molecule has 12 heteroatoms. The molecule has 0 aromatic heterocycles. The largest absolute Gasteiger partial charge is 0.294 e. The Hall–Kier alpha value is -4.98. The van der Waals surface area contributed by atoms with E-state index in [1.807, 2.05) is 36.4 Å². The van der Waals surface area contributed by atoms with Crippen LogP contribution < -0.4 is 0 Å². The van der Waals surface area contributed by atoms with Gasteiger partial charge in [-0.25, -0.2) is 0 Å². The quantitative estimate of drug-likeness (QED) is 0.105. The summed E-state index contributed by atoms with van der Waals surface area (Å²) in [6.07, 6.45) is 0.913. The lowest BCUT2D eigenvalue weighted by Crippen LogP contribution is -2.03. The average molecular weight is 627 g/mol. The van der Waals surface area contributed by atoms with Crippen LogP contribution in [0.2, 0.25) is 0 Å². The molecule has 0 bridgehead atoms. The first-order valence-corrected chi connectivity index (χ1v) is 16.1. The summed E-state index contributed by atoms with van der Waals surface area (Å²) >= 11 is 0. The maximum Gasteiger partial charge on any atom is 0.294 e. The molecule has 0 atom stereocenters. The van der Waals surface area contributed by atoms with Crippen molar-refractivity contribution >= 4 is 43.0 Å². The molecular formula is C32H26N4O6S2. The van der Waals surface area contributed by atoms with Crippen molar-refractivity contribution in [3.8, 4) is 23.7 Å². The van der Waals surface area contributed by atoms with E-state index in [1.165, 1.54) is 36.4 Å². The maximum absolute atomic E-state index is 11.9. The number of rotatable bonds is 10. The number of benzene rings is 4. The van der Waals surface area contributed by atoms with Crippen LogP contribution in [0.3, 0.4) is 0 Å². The van der Waals surface area contributed by atoms with Crippen molar-refractivity contribution in [3.63, 3.8) is 0 Å². The molecule has 0 radical (unpaired) electrons. The van der Waals surface area contributed by atoms with E-state index in [0.717, 1.165) is 0 Å². The zero-order chi connectivity index (χ0) is 31.4. The number of hydrogen-bond donors (Lipinski definition) is 2. The Morgan fingerprint density at radius 3 is 1.23 bits per heavy atom. The zero-order valence-electron chi connectivity index (χ0n) is 23.2. The van der Waals surface area contributed by atoms with Gasteiger partial charge in [-0.1, -0.05) is 48.2 Å².